The number of thiophene rings is 1. The Bertz CT molecular complexity index is 1080. The number of aliphatic hydroxyl groups is 1. The van der Waals surface area contributed by atoms with E-state index in [9.17, 15) is 10.2 Å². The highest BCUT2D eigenvalue weighted by molar-refractivity contribution is 7.19. The van der Waals surface area contributed by atoms with Crippen LogP contribution in [0, 0.1) is 0 Å². The summed E-state index contributed by atoms with van der Waals surface area (Å²) in [6.07, 6.45) is 2.00. The molecule has 2 aromatic carbocycles. The molecule has 0 saturated carbocycles. The number of hydrogen-bond donors (Lipinski definition) is 5. The number of anilines is 1. The van der Waals surface area contributed by atoms with Crippen LogP contribution in [0.2, 0.25) is 0 Å². The first-order chi connectivity index (χ1) is 15.2. The van der Waals surface area contributed by atoms with Crippen molar-refractivity contribution in [2.75, 3.05) is 38.0 Å². The molecule has 8 heteroatoms. The van der Waals surface area contributed by atoms with E-state index in [4.69, 9.17) is 0 Å². The van der Waals surface area contributed by atoms with Gasteiger partial charge in [-0.2, -0.15) is 0 Å². The predicted octanol–water partition coefficient (Wildman–Crippen LogP) is 2.46. The minimum atomic E-state index is -0.563. The van der Waals surface area contributed by atoms with E-state index in [1.807, 2.05) is 18.3 Å². The van der Waals surface area contributed by atoms with Crippen LogP contribution in [0.4, 0.5) is 5.69 Å². The Labute approximate surface area is 185 Å². The molecule has 7 nitrogen and oxygen atoms in total. The Morgan fingerprint density at radius 3 is 2.77 bits per heavy atom. The Kier molecular flexibility index (Phi) is 5.89. The van der Waals surface area contributed by atoms with Crippen molar-refractivity contribution in [1.82, 2.24) is 15.5 Å². The molecule has 2 atom stereocenters. The fourth-order valence-electron chi connectivity index (χ4n) is 4.10. The Morgan fingerprint density at radius 1 is 1.16 bits per heavy atom. The number of phenols is 1. The van der Waals surface area contributed by atoms with E-state index >= 15 is 0 Å². The van der Waals surface area contributed by atoms with Crippen LogP contribution in [0.1, 0.15) is 22.2 Å². The first kappa shape index (κ1) is 20.4. The lowest BCUT2D eigenvalue weighted by atomic mass is 10.1. The van der Waals surface area contributed by atoms with Gasteiger partial charge in [0.15, 0.2) is 6.29 Å². The van der Waals surface area contributed by atoms with Gasteiger partial charge in [-0.25, -0.2) is 0 Å². The molecule has 162 valence electrons. The number of nitrogens with zero attached hydrogens (tertiary/aromatic N) is 2. The molecule has 3 heterocycles. The molecular formula is C23H27N5O2S. The van der Waals surface area contributed by atoms with Gasteiger partial charge in [-0.1, -0.05) is 12.1 Å². The summed E-state index contributed by atoms with van der Waals surface area (Å²) in [5.41, 5.74) is 3.28. The summed E-state index contributed by atoms with van der Waals surface area (Å²) in [6, 6.07) is 13.6. The highest BCUT2D eigenvalue weighted by Crippen LogP contribution is 2.38. The molecule has 0 radical (unpaired) electrons. The number of phenolic OH excluding ortho intramolecular Hbond substituents is 1. The van der Waals surface area contributed by atoms with E-state index in [0.29, 0.717) is 0 Å². The second kappa shape index (κ2) is 8.94. The van der Waals surface area contributed by atoms with Crippen LogP contribution in [0.15, 0.2) is 47.5 Å². The highest BCUT2D eigenvalue weighted by Gasteiger charge is 2.23. The molecule has 0 amide bonds. The van der Waals surface area contributed by atoms with Crippen molar-refractivity contribution in [1.29, 1.82) is 0 Å². The second-order valence-electron chi connectivity index (χ2n) is 7.95. The van der Waals surface area contributed by atoms with Gasteiger partial charge in [0.2, 0.25) is 0 Å². The summed E-state index contributed by atoms with van der Waals surface area (Å²) in [7, 11) is 0. The Morgan fingerprint density at radius 2 is 1.97 bits per heavy atom. The lowest BCUT2D eigenvalue weighted by molar-refractivity contribution is -0.00273. The molecule has 1 aromatic heterocycles. The van der Waals surface area contributed by atoms with Crippen molar-refractivity contribution < 1.29 is 10.2 Å². The molecule has 31 heavy (non-hydrogen) atoms. The van der Waals surface area contributed by atoms with Crippen molar-refractivity contribution in [3.8, 4) is 5.75 Å². The summed E-state index contributed by atoms with van der Waals surface area (Å²) in [5, 5.41) is 31.7. The highest BCUT2D eigenvalue weighted by atomic mass is 32.1. The molecule has 1 saturated heterocycles. The third kappa shape index (κ3) is 4.44. The zero-order valence-corrected chi connectivity index (χ0v) is 18.0. The molecule has 0 spiro atoms. The summed E-state index contributed by atoms with van der Waals surface area (Å²) in [6.45, 7) is 4.29. The average molecular weight is 438 g/mol. The van der Waals surface area contributed by atoms with Crippen LogP contribution in [-0.2, 0) is 6.42 Å². The van der Waals surface area contributed by atoms with Gasteiger partial charge in [-0.05, 0) is 42.3 Å². The lowest BCUT2D eigenvalue weighted by Crippen LogP contribution is -2.44. The van der Waals surface area contributed by atoms with Crippen LogP contribution < -0.4 is 16.0 Å². The minimum absolute atomic E-state index is 0.198. The maximum atomic E-state index is 10.9. The number of fused-ring (bicyclic) bond motifs is 3. The predicted molar refractivity (Wildman–Crippen MR) is 126 cm³/mol. The minimum Gasteiger partial charge on any atom is -0.508 e. The van der Waals surface area contributed by atoms with Crippen molar-refractivity contribution in [2.45, 2.75) is 18.9 Å². The molecular weight excluding hydrogens is 410 g/mol. The van der Waals surface area contributed by atoms with E-state index in [0.717, 1.165) is 70.9 Å². The molecule has 1 fully saturated rings. The molecule has 0 bridgehead atoms. The Hall–Kier alpha value is -2.49. The number of hydrogen-bond acceptors (Lipinski definition) is 8. The van der Waals surface area contributed by atoms with Crippen LogP contribution in [0.5, 0.6) is 5.75 Å². The largest absolute Gasteiger partial charge is 0.508 e. The first-order valence-corrected chi connectivity index (χ1v) is 11.5. The van der Waals surface area contributed by atoms with Gasteiger partial charge >= 0.3 is 0 Å². The fourth-order valence-corrected chi connectivity index (χ4v) is 5.19. The number of rotatable bonds is 6. The van der Waals surface area contributed by atoms with E-state index in [2.05, 4.69) is 44.0 Å². The fraction of sp³-hybridized carbons (Fsp3) is 0.348. The monoisotopic (exact) mass is 437 g/mol. The lowest BCUT2D eigenvalue weighted by Gasteiger charge is -2.30. The summed E-state index contributed by atoms with van der Waals surface area (Å²) in [4.78, 5) is 7.69. The van der Waals surface area contributed by atoms with Gasteiger partial charge in [-0.3, -0.25) is 15.2 Å². The van der Waals surface area contributed by atoms with Gasteiger partial charge in [0.25, 0.3) is 0 Å². The zero-order chi connectivity index (χ0) is 21.2. The van der Waals surface area contributed by atoms with E-state index in [1.165, 1.54) is 0 Å². The first-order valence-electron chi connectivity index (χ1n) is 10.7. The summed E-state index contributed by atoms with van der Waals surface area (Å²) >= 11 is 1.65. The SMILES string of the molecule is Oc1ccc(CCNC2N=Cc3ccc4sc(C(O)N5CCNCC5)cc4c3N2)cc1. The Balaban J connectivity index is 1.29. The van der Waals surface area contributed by atoms with Crippen molar-refractivity contribution in [3.05, 3.63) is 58.5 Å². The zero-order valence-electron chi connectivity index (χ0n) is 17.2. The van der Waals surface area contributed by atoms with Gasteiger partial charge < -0.3 is 20.8 Å². The molecule has 5 rings (SSSR count). The van der Waals surface area contributed by atoms with Crippen LogP contribution in [0.25, 0.3) is 10.1 Å². The summed E-state index contributed by atoms with van der Waals surface area (Å²) in [5.74, 6) is 0.285. The van der Waals surface area contributed by atoms with Crippen molar-refractivity contribution >= 4 is 33.3 Å². The number of piperazine rings is 1. The topological polar surface area (TPSA) is 92.1 Å². The molecule has 2 aliphatic rings. The van der Waals surface area contributed by atoms with Gasteiger partial charge in [-0.15, -0.1) is 11.3 Å². The van der Waals surface area contributed by atoms with E-state index in [1.54, 1.807) is 23.5 Å². The summed E-state index contributed by atoms with van der Waals surface area (Å²) < 4.78 is 1.16. The van der Waals surface area contributed by atoms with Crippen LogP contribution in [-0.4, -0.2) is 60.3 Å². The molecule has 0 aliphatic carbocycles. The molecule has 5 N–H and O–H groups in total. The average Bonchev–Trinajstić information content (AvgIpc) is 3.25. The third-order valence-corrected chi connectivity index (χ3v) is 6.98. The number of aliphatic hydroxyl groups excluding tert-OH is 1. The van der Waals surface area contributed by atoms with Gasteiger partial charge in [0, 0.05) is 59.5 Å². The normalized spacial score (nSPS) is 19.8. The maximum absolute atomic E-state index is 10.9. The molecule has 2 unspecified atom stereocenters. The number of benzene rings is 2. The van der Waals surface area contributed by atoms with Gasteiger partial charge in [0.05, 0.1) is 5.69 Å². The van der Waals surface area contributed by atoms with E-state index < -0.39 is 6.23 Å². The number of aromatic hydroxyl groups is 1. The third-order valence-electron chi connectivity index (χ3n) is 5.84. The number of nitrogens with one attached hydrogen (secondary N) is 3. The molecule has 3 aromatic rings. The van der Waals surface area contributed by atoms with Crippen molar-refractivity contribution in [2.24, 2.45) is 4.99 Å². The standard InChI is InChI=1S/C23H27N5O2S/c29-17-4-1-15(2-5-17)7-8-25-23-26-14-16-3-6-19-18(21(16)27-23)13-20(31-19)22(30)28-11-9-24-10-12-28/h1-6,13-14,22-25,27,29-30H,7-12H2. The number of aliphatic imine (C=N–C) groups is 1. The van der Waals surface area contributed by atoms with Gasteiger partial charge in [0.1, 0.15) is 12.0 Å². The van der Waals surface area contributed by atoms with E-state index in [-0.39, 0.29) is 12.0 Å². The second-order valence-corrected chi connectivity index (χ2v) is 9.06. The van der Waals surface area contributed by atoms with Crippen LogP contribution in [0.3, 0.4) is 0 Å². The molecule has 2 aliphatic heterocycles. The van der Waals surface area contributed by atoms with Crippen LogP contribution >= 0.6 is 11.3 Å². The quantitative estimate of drug-likeness (QED) is 0.407. The smallest absolute Gasteiger partial charge is 0.173 e. The maximum Gasteiger partial charge on any atom is 0.173 e. The van der Waals surface area contributed by atoms with Crippen molar-refractivity contribution in [3.63, 3.8) is 0 Å².